The standard InChI is InChI=1S/C14H17NO/c1-9(10-3-4-10)12-6-5-11-7-15(2)8-13(11)14(12)16/h5-10,16H,3-4H2,1-2H3. The van der Waals surface area contributed by atoms with Gasteiger partial charge in [0.25, 0.3) is 0 Å². The Morgan fingerprint density at radius 2 is 2.06 bits per heavy atom. The topological polar surface area (TPSA) is 25.2 Å². The van der Waals surface area contributed by atoms with Gasteiger partial charge in [0.1, 0.15) is 5.75 Å². The van der Waals surface area contributed by atoms with Gasteiger partial charge in [-0.25, -0.2) is 0 Å². The van der Waals surface area contributed by atoms with E-state index in [1.807, 2.05) is 24.0 Å². The molecule has 3 rings (SSSR count). The molecule has 1 heterocycles. The van der Waals surface area contributed by atoms with Crippen LogP contribution in [0.3, 0.4) is 0 Å². The van der Waals surface area contributed by atoms with Gasteiger partial charge in [0.05, 0.1) is 0 Å². The van der Waals surface area contributed by atoms with Crippen molar-refractivity contribution >= 4 is 10.8 Å². The van der Waals surface area contributed by atoms with Crippen molar-refractivity contribution in [2.75, 3.05) is 0 Å². The third-order valence-electron chi connectivity index (χ3n) is 3.78. The Labute approximate surface area is 95.5 Å². The van der Waals surface area contributed by atoms with Gasteiger partial charge in [-0.2, -0.15) is 0 Å². The molecule has 0 bridgehead atoms. The molecule has 1 unspecified atom stereocenters. The van der Waals surface area contributed by atoms with Crippen LogP contribution in [0.25, 0.3) is 10.8 Å². The summed E-state index contributed by atoms with van der Waals surface area (Å²) in [6.45, 7) is 2.22. The van der Waals surface area contributed by atoms with Crippen LogP contribution < -0.4 is 0 Å². The van der Waals surface area contributed by atoms with Crippen molar-refractivity contribution in [3.05, 3.63) is 30.1 Å². The summed E-state index contributed by atoms with van der Waals surface area (Å²) in [5, 5.41) is 12.4. The molecule has 0 aliphatic heterocycles. The summed E-state index contributed by atoms with van der Waals surface area (Å²) >= 11 is 0. The Bertz CT molecular complexity index is 537. The van der Waals surface area contributed by atoms with Gasteiger partial charge in [-0.15, -0.1) is 0 Å². The van der Waals surface area contributed by atoms with Crippen molar-refractivity contribution in [2.45, 2.75) is 25.7 Å². The van der Waals surface area contributed by atoms with Crippen molar-refractivity contribution in [3.63, 3.8) is 0 Å². The van der Waals surface area contributed by atoms with Crippen molar-refractivity contribution in [2.24, 2.45) is 13.0 Å². The number of benzene rings is 1. The smallest absolute Gasteiger partial charge is 0.128 e. The predicted octanol–water partition coefficient (Wildman–Crippen LogP) is 3.40. The van der Waals surface area contributed by atoms with E-state index in [1.165, 1.54) is 12.8 Å². The van der Waals surface area contributed by atoms with Crippen LogP contribution in [0, 0.1) is 5.92 Å². The second kappa shape index (κ2) is 3.27. The summed E-state index contributed by atoms with van der Waals surface area (Å²) in [4.78, 5) is 0. The summed E-state index contributed by atoms with van der Waals surface area (Å²) in [5.74, 6) is 1.76. The maximum absolute atomic E-state index is 10.3. The summed E-state index contributed by atoms with van der Waals surface area (Å²) in [6, 6.07) is 4.20. The van der Waals surface area contributed by atoms with Crippen LogP contribution in [-0.4, -0.2) is 9.67 Å². The Kier molecular flexibility index (Phi) is 2.00. The van der Waals surface area contributed by atoms with E-state index in [0.717, 1.165) is 22.3 Å². The highest BCUT2D eigenvalue weighted by molar-refractivity contribution is 5.89. The van der Waals surface area contributed by atoms with Crippen molar-refractivity contribution in [1.29, 1.82) is 0 Å². The summed E-state index contributed by atoms with van der Waals surface area (Å²) in [6.07, 6.45) is 6.66. The predicted molar refractivity (Wildman–Crippen MR) is 65.7 cm³/mol. The molecule has 1 aliphatic rings. The molecule has 0 saturated heterocycles. The van der Waals surface area contributed by atoms with E-state index in [4.69, 9.17) is 0 Å². The Morgan fingerprint density at radius 1 is 1.31 bits per heavy atom. The zero-order valence-corrected chi connectivity index (χ0v) is 9.77. The Balaban J connectivity index is 2.14. The number of fused-ring (bicyclic) bond motifs is 1. The van der Waals surface area contributed by atoms with Gasteiger partial charge in [0.2, 0.25) is 0 Å². The second-order valence-electron chi connectivity index (χ2n) is 5.06. The van der Waals surface area contributed by atoms with Crippen LogP contribution in [-0.2, 0) is 7.05 Å². The number of hydrogen-bond donors (Lipinski definition) is 1. The highest BCUT2D eigenvalue weighted by Crippen LogP contribution is 2.46. The molecule has 2 nitrogen and oxygen atoms in total. The lowest BCUT2D eigenvalue weighted by Gasteiger charge is -2.12. The van der Waals surface area contributed by atoms with E-state index < -0.39 is 0 Å². The van der Waals surface area contributed by atoms with Crippen LogP contribution >= 0.6 is 0 Å². The monoisotopic (exact) mass is 215 g/mol. The van der Waals surface area contributed by atoms with E-state index in [-0.39, 0.29) is 0 Å². The first-order chi connectivity index (χ1) is 7.66. The van der Waals surface area contributed by atoms with Crippen LogP contribution in [0.5, 0.6) is 5.75 Å². The van der Waals surface area contributed by atoms with Crippen LogP contribution in [0.15, 0.2) is 24.5 Å². The van der Waals surface area contributed by atoms with Gasteiger partial charge in [-0.1, -0.05) is 19.1 Å². The summed E-state index contributed by atoms with van der Waals surface area (Å²) in [5.41, 5.74) is 1.11. The number of hydrogen-bond acceptors (Lipinski definition) is 1. The fraction of sp³-hybridized carbons (Fsp3) is 0.429. The molecule has 1 aromatic carbocycles. The maximum Gasteiger partial charge on any atom is 0.128 e. The first kappa shape index (κ1) is 9.76. The molecule has 2 aromatic rings. The minimum absolute atomic E-state index is 0.484. The fourth-order valence-electron chi connectivity index (χ4n) is 2.57. The minimum Gasteiger partial charge on any atom is -0.507 e. The van der Waals surface area contributed by atoms with E-state index in [0.29, 0.717) is 11.7 Å². The van der Waals surface area contributed by atoms with Crippen molar-refractivity contribution in [3.8, 4) is 5.75 Å². The van der Waals surface area contributed by atoms with Crippen molar-refractivity contribution < 1.29 is 5.11 Å². The number of phenols is 1. The van der Waals surface area contributed by atoms with Gasteiger partial charge in [-0.05, 0) is 30.2 Å². The molecular weight excluding hydrogens is 198 g/mol. The molecule has 2 heteroatoms. The lowest BCUT2D eigenvalue weighted by atomic mass is 9.94. The Morgan fingerprint density at radius 3 is 2.75 bits per heavy atom. The van der Waals surface area contributed by atoms with Gasteiger partial charge < -0.3 is 9.67 Å². The number of rotatable bonds is 2. The molecule has 0 amide bonds. The molecule has 1 fully saturated rings. The average molecular weight is 215 g/mol. The number of nitrogens with zero attached hydrogens (tertiary/aromatic N) is 1. The lowest BCUT2D eigenvalue weighted by molar-refractivity contribution is 0.465. The first-order valence-electron chi connectivity index (χ1n) is 5.94. The van der Waals surface area contributed by atoms with Crippen LogP contribution in [0.4, 0.5) is 0 Å². The normalized spacial score (nSPS) is 17.9. The molecule has 1 atom stereocenters. The minimum atomic E-state index is 0.484. The van der Waals surface area contributed by atoms with Gasteiger partial charge in [-0.3, -0.25) is 0 Å². The quantitative estimate of drug-likeness (QED) is 0.816. The highest BCUT2D eigenvalue weighted by Gasteiger charge is 2.30. The van der Waals surface area contributed by atoms with E-state index in [9.17, 15) is 5.11 Å². The second-order valence-corrected chi connectivity index (χ2v) is 5.06. The van der Waals surface area contributed by atoms with E-state index in [1.54, 1.807) is 0 Å². The van der Waals surface area contributed by atoms with Crippen molar-refractivity contribution in [1.82, 2.24) is 4.57 Å². The number of aryl methyl sites for hydroxylation is 1. The fourth-order valence-corrected chi connectivity index (χ4v) is 2.57. The summed E-state index contributed by atoms with van der Waals surface area (Å²) in [7, 11) is 1.99. The van der Waals surface area contributed by atoms with Gasteiger partial charge in [0, 0.05) is 30.2 Å². The molecule has 0 spiro atoms. The number of phenolic OH excluding ortho intramolecular Hbond substituents is 1. The molecule has 84 valence electrons. The maximum atomic E-state index is 10.3. The third-order valence-corrected chi connectivity index (χ3v) is 3.78. The molecule has 0 radical (unpaired) electrons. The molecule has 16 heavy (non-hydrogen) atoms. The van der Waals surface area contributed by atoms with E-state index >= 15 is 0 Å². The van der Waals surface area contributed by atoms with Gasteiger partial charge in [0.15, 0.2) is 0 Å². The van der Waals surface area contributed by atoms with Crippen LogP contribution in [0.1, 0.15) is 31.2 Å². The molecular formula is C14H17NO. The lowest BCUT2D eigenvalue weighted by Crippen LogP contribution is -1.95. The Hall–Kier alpha value is -1.44. The number of aromatic hydroxyl groups is 1. The molecule has 1 aromatic heterocycles. The number of aromatic nitrogens is 1. The zero-order chi connectivity index (χ0) is 11.3. The first-order valence-corrected chi connectivity index (χ1v) is 5.94. The van der Waals surface area contributed by atoms with E-state index in [2.05, 4.69) is 19.1 Å². The van der Waals surface area contributed by atoms with Gasteiger partial charge >= 0.3 is 0 Å². The average Bonchev–Trinajstić information content (AvgIpc) is 3.01. The largest absolute Gasteiger partial charge is 0.507 e. The molecule has 1 saturated carbocycles. The summed E-state index contributed by atoms with van der Waals surface area (Å²) < 4.78 is 2.00. The molecule has 1 N–H and O–H groups in total. The SMILES string of the molecule is CC(c1ccc2cn(C)cc2c1O)C1CC1. The zero-order valence-electron chi connectivity index (χ0n) is 9.77. The molecule has 1 aliphatic carbocycles. The third kappa shape index (κ3) is 1.41. The van der Waals surface area contributed by atoms with Crippen LogP contribution in [0.2, 0.25) is 0 Å². The highest BCUT2D eigenvalue weighted by atomic mass is 16.3.